The minimum Gasteiger partial charge on any atom is -0.461 e. The molecule has 0 bridgehead atoms. The van der Waals surface area contributed by atoms with Crippen LogP contribution in [0.25, 0.3) is 11.6 Å². The minimum atomic E-state index is 0.348. The highest BCUT2D eigenvalue weighted by Crippen LogP contribution is 2.26. The van der Waals surface area contributed by atoms with Crippen LogP contribution in [0.5, 0.6) is 0 Å². The maximum atomic E-state index is 5.91. The molecule has 0 aromatic carbocycles. The van der Waals surface area contributed by atoms with Crippen LogP contribution in [-0.2, 0) is 0 Å². The van der Waals surface area contributed by atoms with Gasteiger partial charge in [0.2, 0.25) is 0 Å². The summed E-state index contributed by atoms with van der Waals surface area (Å²) in [7, 11) is 0. The van der Waals surface area contributed by atoms with Crippen molar-refractivity contribution in [3.05, 3.63) is 33.8 Å². The second-order valence-corrected chi connectivity index (χ2v) is 3.90. The van der Waals surface area contributed by atoms with Gasteiger partial charge in [-0.25, -0.2) is 9.97 Å². The summed E-state index contributed by atoms with van der Waals surface area (Å²) in [6.45, 7) is 3.67. The van der Waals surface area contributed by atoms with Crippen LogP contribution < -0.4 is 0 Å². The summed E-state index contributed by atoms with van der Waals surface area (Å²) in [6.07, 6.45) is 1.58. The molecule has 0 fully saturated rings. The van der Waals surface area contributed by atoms with E-state index in [0.29, 0.717) is 27.5 Å². The first-order chi connectivity index (χ1) is 7.09. The molecular formula is C10H8Cl2N2O. The van der Waals surface area contributed by atoms with Crippen molar-refractivity contribution in [3.8, 4) is 11.6 Å². The Balaban J connectivity index is 2.60. The second-order valence-electron chi connectivity index (χ2n) is 3.19. The van der Waals surface area contributed by atoms with Crippen molar-refractivity contribution in [2.24, 2.45) is 0 Å². The fourth-order valence-corrected chi connectivity index (χ4v) is 1.55. The standard InChI is InChI=1S/C10H8Cl2N2O/c1-5-3-4-15-7(5)10-13-8(11)6(2)9(12)14-10/h3-4H,1-2H3. The van der Waals surface area contributed by atoms with Crippen molar-refractivity contribution in [2.75, 3.05) is 0 Å². The topological polar surface area (TPSA) is 38.9 Å². The fraction of sp³-hybridized carbons (Fsp3) is 0.200. The number of nitrogens with zero attached hydrogens (tertiary/aromatic N) is 2. The molecule has 3 nitrogen and oxygen atoms in total. The third-order valence-corrected chi connectivity index (χ3v) is 2.83. The van der Waals surface area contributed by atoms with Crippen LogP contribution in [0.4, 0.5) is 0 Å². The molecule has 2 aromatic rings. The van der Waals surface area contributed by atoms with E-state index in [2.05, 4.69) is 9.97 Å². The fourth-order valence-electron chi connectivity index (χ4n) is 1.17. The summed E-state index contributed by atoms with van der Waals surface area (Å²) < 4.78 is 5.26. The Hall–Kier alpha value is -1.06. The first-order valence-corrected chi connectivity index (χ1v) is 5.09. The van der Waals surface area contributed by atoms with E-state index < -0.39 is 0 Å². The van der Waals surface area contributed by atoms with E-state index in [-0.39, 0.29) is 0 Å². The zero-order valence-electron chi connectivity index (χ0n) is 8.21. The monoisotopic (exact) mass is 242 g/mol. The Kier molecular flexibility index (Phi) is 2.67. The van der Waals surface area contributed by atoms with Crippen molar-refractivity contribution in [1.29, 1.82) is 0 Å². The minimum absolute atomic E-state index is 0.348. The van der Waals surface area contributed by atoms with E-state index in [4.69, 9.17) is 27.6 Å². The lowest BCUT2D eigenvalue weighted by molar-refractivity contribution is 0.575. The lowest BCUT2D eigenvalue weighted by Gasteiger charge is -2.02. The van der Waals surface area contributed by atoms with Gasteiger partial charge in [0.1, 0.15) is 10.3 Å². The molecule has 0 saturated heterocycles. The maximum Gasteiger partial charge on any atom is 0.198 e. The maximum absolute atomic E-state index is 5.91. The van der Waals surface area contributed by atoms with Crippen molar-refractivity contribution in [3.63, 3.8) is 0 Å². The Morgan fingerprint density at radius 2 is 1.73 bits per heavy atom. The van der Waals surface area contributed by atoms with Gasteiger partial charge in [0, 0.05) is 5.56 Å². The van der Waals surface area contributed by atoms with Crippen molar-refractivity contribution < 1.29 is 4.42 Å². The second kappa shape index (κ2) is 3.83. The molecule has 0 aliphatic rings. The van der Waals surface area contributed by atoms with Gasteiger partial charge in [-0.05, 0) is 25.5 Å². The van der Waals surface area contributed by atoms with Crippen LogP contribution in [0, 0.1) is 13.8 Å². The first kappa shape index (κ1) is 10.5. The van der Waals surface area contributed by atoms with Gasteiger partial charge in [-0.2, -0.15) is 0 Å². The molecule has 2 heterocycles. The molecule has 0 radical (unpaired) electrons. The Labute approximate surface area is 97.1 Å². The molecule has 0 atom stereocenters. The normalized spacial score (nSPS) is 10.7. The number of hydrogen-bond acceptors (Lipinski definition) is 3. The molecular weight excluding hydrogens is 235 g/mol. The van der Waals surface area contributed by atoms with Gasteiger partial charge in [-0.1, -0.05) is 23.2 Å². The quantitative estimate of drug-likeness (QED) is 0.717. The third kappa shape index (κ3) is 1.85. The van der Waals surface area contributed by atoms with Gasteiger partial charge in [-0.15, -0.1) is 0 Å². The number of furan rings is 1. The summed E-state index contributed by atoms with van der Waals surface area (Å²) in [5, 5.41) is 0.696. The zero-order valence-corrected chi connectivity index (χ0v) is 9.73. The van der Waals surface area contributed by atoms with Crippen LogP contribution in [0.1, 0.15) is 11.1 Å². The van der Waals surface area contributed by atoms with Crippen molar-refractivity contribution in [2.45, 2.75) is 13.8 Å². The highest BCUT2D eigenvalue weighted by Gasteiger charge is 2.13. The molecule has 0 spiro atoms. The molecule has 2 rings (SSSR count). The van der Waals surface area contributed by atoms with Gasteiger partial charge in [0.15, 0.2) is 11.6 Å². The zero-order chi connectivity index (χ0) is 11.0. The van der Waals surface area contributed by atoms with E-state index in [0.717, 1.165) is 5.56 Å². The predicted molar refractivity (Wildman–Crippen MR) is 59.2 cm³/mol. The molecule has 0 aliphatic heterocycles. The summed E-state index contributed by atoms with van der Waals surface area (Å²) >= 11 is 11.8. The smallest absolute Gasteiger partial charge is 0.198 e. The molecule has 0 N–H and O–H groups in total. The summed E-state index contributed by atoms with van der Waals surface area (Å²) in [6, 6.07) is 1.83. The largest absolute Gasteiger partial charge is 0.461 e. The van der Waals surface area contributed by atoms with Gasteiger partial charge >= 0.3 is 0 Å². The van der Waals surface area contributed by atoms with Gasteiger partial charge in [0.05, 0.1) is 6.26 Å². The van der Waals surface area contributed by atoms with Crippen LogP contribution >= 0.6 is 23.2 Å². The van der Waals surface area contributed by atoms with Gasteiger partial charge < -0.3 is 4.42 Å². The molecule has 0 amide bonds. The van der Waals surface area contributed by atoms with Gasteiger partial charge in [0.25, 0.3) is 0 Å². The van der Waals surface area contributed by atoms with Crippen LogP contribution in [0.15, 0.2) is 16.7 Å². The Morgan fingerprint density at radius 3 is 2.20 bits per heavy atom. The molecule has 0 aliphatic carbocycles. The highest BCUT2D eigenvalue weighted by molar-refractivity contribution is 6.34. The van der Waals surface area contributed by atoms with E-state index in [9.17, 15) is 0 Å². The van der Waals surface area contributed by atoms with Crippen LogP contribution in [0.2, 0.25) is 10.3 Å². The molecule has 0 saturated carbocycles. The SMILES string of the molecule is Cc1ccoc1-c1nc(Cl)c(C)c(Cl)n1. The third-order valence-electron chi connectivity index (χ3n) is 2.09. The number of aromatic nitrogens is 2. The van der Waals surface area contributed by atoms with Crippen molar-refractivity contribution in [1.82, 2.24) is 9.97 Å². The average molecular weight is 243 g/mol. The van der Waals surface area contributed by atoms with Crippen LogP contribution in [0.3, 0.4) is 0 Å². The lowest BCUT2D eigenvalue weighted by atomic mass is 10.2. The summed E-state index contributed by atoms with van der Waals surface area (Å²) in [4.78, 5) is 8.23. The number of hydrogen-bond donors (Lipinski definition) is 0. The summed E-state index contributed by atoms with van der Waals surface area (Å²) in [5.74, 6) is 1.01. The number of halogens is 2. The molecule has 5 heteroatoms. The van der Waals surface area contributed by atoms with E-state index in [1.165, 1.54) is 0 Å². The summed E-state index contributed by atoms with van der Waals surface area (Å²) in [5.41, 5.74) is 1.62. The average Bonchev–Trinajstić information content (AvgIpc) is 2.60. The van der Waals surface area contributed by atoms with Crippen molar-refractivity contribution >= 4 is 23.2 Å². The van der Waals surface area contributed by atoms with Crippen LogP contribution in [-0.4, -0.2) is 9.97 Å². The predicted octanol–water partition coefficient (Wildman–Crippen LogP) is 3.66. The molecule has 78 valence electrons. The number of rotatable bonds is 1. The molecule has 15 heavy (non-hydrogen) atoms. The Bertz CT molecular complexity index is 485. The lowest BCUT2D eigenvalue weighted by Crippen LogP contribution is -1.93. The molecule has 0 unspecified atom stereocenters. The Morgan fingerprint density at radius 1 is 1.13 bits per heavy atom. The number of aryl methyl sites for hydroxylation is 1. The first-order valence-electron chi connectivity index (χ1n) is 4.33. The highest BCUT2D eigenvalue weighted by atomic mass is 35.5. The van der Waals surface area contributed by atoms with Gasteiger partial charge in [-0.3, -0.25) is 0 Å². The van der Waals surface area contributed by atoms with E-state index in [1.54, 1.807) is 13.2 Å². The molecule has 2 aromatic heterocycles. The van der Waals surface area contributed by atoms with E-state index in [1.807, 2.05) is 13.0 Å². The van der Waals surface area contributed by atoms with E-state index >= 15 is 0 Å².